The van der Waals surface area contributed by atoms with Gasteiger partial charge in [0.15, 0.2) is 6.61 Å². The van der Waals surface area contributed by atoms with Gasteiger partial charge >= 0.3 is 23.7 Å². The molecule has 0 saturated carbocycles. The van der Waals surface area contributed by atoms with Gasteiger partial charge in [-0.15, -0.1) is 0 Å². The van der Waals surface area contributed by atoms with Crippen molar-refractivity contribution in [2.45, 2.75) is 23.7 Å². The first-order valence-electron chi connectivity index (χ1n) is 4.32. The van der Waals surface area contributed by atoms with Crippen LogP contribution in [0.2, 0.25) is 0 Å². The number of ether oxygens (including phenoxy) is 1. The fourth-order valence-electron chi connectivity index (χ4n) is 0.818. The Kier molecular flexibility index (Phi) is 4.79. The van der Waals surface area contributed by atoms with E-state index in [4.69, 9.17) is 5.11 Å². The van der Waals surface area contributed by atoms with Crippen molar-refractivity contribution in [3.63, 3.8) is 0 Å². The maximum Gasteiger partial charge on any atom is 0.381 e. The highest BCUT2D eigenvalue weighted by atomic mass is 19.4. The molecule has 2 nitrogen and oxygen atoms in total. The van der Waals surface area contributed by atoms with E-state index >= 15 is 0 Å². The maximum absolute atomic E-state index is 12.8. The van der Waals surface area contributed by atoms with Gasteiger partial charge in [-0.3, -0.25) is 0 Å². The molecule has 0 aromatic rings. The summed E-state index contributed by atoms with van der Waals surface area (Å²) in [6.07, 6.45) is 0. The molecule has 0 aliphatic heterocycles. The van der Waals surface area contributed by atoms with Crippen LogP contribution in [0.1, 0.15) is 0 Å². The third kappa shape index (κ3) is 3.07. The van der Waals surface area contributed by atoms with Crippen molar-refractivity contribution < 1.29 is 49.4 Å². The molecule has 0 aliphatic rings. The molecule has 0 bridgehead atoms. The van der Waals surface area contributed by atoms with Gasteiger partial charge in [0.25, 0.3) is 6.01 Å². The molecule has 0 aliphatic carbocycles. The van der Waals surface area contributed by atoms with Crippen LogP contribution in [-0.4, -0.2) is 42.0 Å². The average Bonchev–Trinajstić information content (AvgIpc) is 2.25. The first-order chi connectivity index (χ1) is 8.23. The van der Waals surface area contributed by atoms with Crippen LogP contribution in [-0.2, 0) is 4.74 Å². The van der Waals surface area contributed by atoms with Gasteiger partial charge in [0.05, 0.1) is 0 Å². The van der Waals surface area contributed by atoms with Crippen LogP contribution in [0, 0.1) is 0 Å². The van der Waals surface area contributed by atoms with Gasteiger partial charge in [-0.1, -0.05) is 0 Å². The van der Waals surface area contributed by atoms with E-state index in [1.54, 1.807) is 0 Å². The van der Waals surface area contributed by atoms with Crippen molar-refractivity contribution >= 4 is 0 Å². The number of aliphatic hydroxyl groups excluding tert-OH is 1. The summed E-state index contributed by atoms with van der Waals surface area (Å²) in [5.74, 6) is -24.8. The van der Waals surface area contributed by atoms with E-state index in [1.165, 1.54) is 0 Å². The molecule has 1 N–H and O–H groups in total. The predicted molar refractivity (Wildman–Crippen MR) is 43.1 cm³/mol. The van der Waals surface area contributed by atoms with E-state index in [0.29, 0.717) is 0 Å². The lowest BCUT2D eigenvalue weighted by atomic mass is 9.99. The van der Waals surface area contributed by atoms with Crippen LogP contribution >= 0.6 is 0 Å². The lowest BCUT2D eigenvalue weighted by molar-refractivity contribution is -0.374. The third-order valence-electron chi connectivity index (χ3n) is 1.92. The molecule has 0 fully saturated rings. The number of halogens is 9. The van der Waals surface area contributed by atoms with Gasteiger partial charge in [0.2, 0.25) is 0 Å². The Balaban J connectivity index is 5.39. The van der Waals surface area contributed by atoms with Crippen LogP contribution < -0.4 is 0 Å². The first-order valence-corrected chi connectivity index (χ1v) is 4.32. The third-order valence-corrected chi connectivity index (χ3v) is 1.92. The largest absolute Gasteiger partial charge is 0.465 e. The van der Waals surface area contributed by atoms with E-state index in [-0.39, 0.29) is 0 Å². The van der Waals surface area contributed by atoms with Gasteiger partial charge in [-0.2, -0.15) is 39.5 Å². The van der Waals surface area contributed by atoms with Gasteiger partial charge in [-0.05, 0) is 6.58 Å². The number of rotatable bonds is 7. The second kappa shape index (κ2) is 5.10. The topological polar surface area (TPSA) is 29.5 Å². The molecule has 0 rings (SSSR count). The highest BCUT2D eigenvalue weighted by Gasteiger charge is 2.80. The van der Waals surface area contributed by atoms with Crippen LogP contribution in [0.15, 0.2) is 12.6 Å². The zero-order valence-corrected chi connectivity index (χ0v) is 8.88. The van der Waals surface area contributed by atoms with Crippen LogP contribution in [0.4, 0.5) is 39.5 Å². The summed E-state index contributed by atoms with van der Waals surface area (Å²) in [6, 6.07) is -1.99. The molecule has 0 atom stereocenters. The second-order valence-electron chi connectivity index (χ2n) is 3.36. The number of hydrogen-bond acceptors (Lipinski definition) is 2. The fourth-order valence-corrected chi connectivity index (χ4v) is 0.818. The minimum absolute atomic E-state index is 1.99. The minimum atomic E-state index is -6.60. The Labute approximate surface area is 100 Å². The van der Waals surface area contributed by atoms with Gasteiger partial charge in [0, 0.05) is 0 Å². The van der Waals surface area contributed by atoms with Crippen molar-refractivity contribution in [2.24, 2.45) is 0 Å². The van der Waals surface area contributed by atoms with Gasteiger partial charge in [-0.25, -0.2) is 0 Å². The van der Waals surface area contributed by atoms with E-state index in [2.05, 4.69) is 11.3 Å². The number of alkyl halides is 8. The second-order valence-corrected chi connectivity index (χ2v) is 3.36. The standard InChI is InChI=1S/C8H7F9O2/c1-4(9)19-3-6(12,13)8(16,17)7(14,15)5(10,11)2-18/h18H,1-3H2. The summed E-state index contributed by atoms with van der Waals surface area (Å²) in [4.78, 5) is 0. The highest BCUT2D eigenvalue weighted by Crippen LogP contribution is 2.52. The molecule has 0 heterocycles. The molecule has 11 heteroatoms. The lowest BCUT2D eigenvalue weighted by Crippen LogP contribution is -2.64. The van der Waals surface area contributed by atoms with E-state index in [0.717, 1.165) is 0 Å². The Morgan fingerprint density at radius 3 is 1.58 bits per heavy atom. The quantitative estimate of drug-likeness (QED) is 0.579. The fraction of sp³-hybridized carbons (Fsp3) is 0.750. The maximum atomic E-state index is 12.8. The summed E-state index contributed by atoms with van der Waals surface area (Å²) < 4.78 is 116. The first kappa shape index (κ1) is 17.9. The number of aliphatic hydroxyl groups is 1. The van der Waals surface area contributed by atoms with Crippen molar-refractivity contribution in [3.8, 4) is 0 Å². The van der Waals surface area contributed by atoms with Crippen LogP contribution in [0.25, 0.3) is 0 Å². The molecule has 0 aromatic heterocycles. The highest BCUT2D eigenvalue weighted by molar-refractivity contribution is 5.03. The summed E-state index contributed by atoms with van der Waals surface area (Å²) in [5, 5.41) is 7.86. The smallest absolute Gasteiger partial charge is 0.381 e. The van der Waals surface area contributed by atoms with Crippen molar-refractivity contribution in [3.05, 3.63) is 12.6 Å². The SMILES string of the molecule is C=C(F)OCC(F)(F)C(F)(F)C(F)(F)C(F)(F)CO. The van der Waals surface area contributed by atoms with Crippen LogP contribution in [0.5, 0.6) is 0 Å². The summed E-state index contributed by atoms with van der Waals surface area (Å²) in [6.45, 7) is -3.20. The summed E-state index contributed by atoms with van der Waals surface area (Å²) in [7, 11) is 0. The van der Waals surface area contributed by atoms with Crippen LogP contribution in [0.3, 0.4) is 0 Å². The lowest BCUT2D eigenvalue weighted by Gasteiger charge is -2.35. The monoisotopic (exact) mass is 306 g/mol. The molecule has 0 saturated heterocycles. The van der Waals surface area contributed by atoms with Crippen molar-refractivity contribution in [1.82, 2.24) is 0 Å². The summed E-state index contributed by atoms with van der Waals surface area (Å²) >= 11 is 0. The molecule has 114 valence electrons. The molecular weight excluding hydrogens is 299 g/mol. The summed E-state index contributed by atoms with van der Waals surface area (Å²) in [5.41, 5.74) is 0. The average molecular weight is 306 g/mol. The molecular formula is C8H7F9O2. The zero-order valence-electron chi connectivity index (χ0n) is 8.88. The molecule has 19 heavy (non-hydrogen) atoms. The van der Waals surface area contributed by atoms with E-state index in [9.17, 15) is 39.5 Å². The van der Waals surface area contributed by atoms with Crippen molar-refractivity contribution in [1.29, 1.82) is 0 Å². The predicted octanol–water partition coefficient (Wildman–Crippen LogP) is 2.98. The zero-order chi connectivity index (χ0) is 15.7. The molecule has 0 aromatic carbocycles. The molecule has 0 unspecified atom stereocenters. The van der Waals surface area contributed by atoms with Gasteiger partial charge in [0.1, 0.15) is 6.61 Å². The van der Waals surface area contributed by atoms with E-state index < -0.39 is 42.9 Å². The minimum Gasteiger partial charge on any atom is -0.465 e. The van der Waals surface area contributed by atoms with E-state index in [1.807, 2.05) is 0 Å². The normalized spacial score (nSPS) is 14.4. The Hall–Kier alpha value is -1.13. The Morgan fingerprint density at radius 1 is 0.895 bits per heavy atom. The van der Waals surface area contributed by atoms with Gasteiger partial charge < -0.3 is 9.84 Å². The molecule has 0 radical (unpaired) electrons. The molecule has 0 amide bonds. The van der Waals surface area contributed by atoms with Crippen molar-refractivity contribution in [2.75, 3.05) is 13.2 Å². The number of hydrogen-bond donors (Lipinski definition) is 1. The molecule has 0 spiro atoms. The Bertz CT molecular complexity index is 339. The Morgan fingerprint density at radius 2 is 1.26 bits per heavy atom.